The Labute approximate surface area is 270 Å². The summed E-state index contributed by atoms with van der Waals surface area (Å²) in [6, 6.07) is 22.6. The first-order chi connectivity index (χ1) is 20.8. The number of fused-ring (bicyclic) bond motifs is 7. The first kappa shape index (κ1) is 32.4. The Morgan fingerprint density at radius 3 is 0.932 bits per heavy atom. The van der Waals surface area contributed by atoms with Gasteiger partial charge in [-0.3, -0.25) is 0 Å². The molecule has 0 bridgehead atoms. The molecule has 0 aromatic heterocycles. The summed E-state index contributed by atoms with van der Waals surface area (Å²) in [5.41, 5.74) is 22.0. The molecule has 2 aliphatic rings. The summed E-state index contributed by atoms with van der Waals surface area (Å²) in [6.45, 7) is 28.8. The van der Waals surface area contributed by atoms with E-state index >= 15 is 0 Å². The zero-order valence-corrected chi connectivity index (χ0v) is 31.2. The lowest BCUT2D eigenvalue weighted by molar-refractivity contribution is 0.838. The topological polar surface area (TPSA) is 0 Å². The summed E-state index contributed by atoms with van der Waals surface area (Å²) in [6.07, 6.45) is 0. The summed E-state index contributed by atoms with van der Waals surface area (Å²) in [5.74, 6) is 7.77. The quantitative estimate of drug-likeness (QED) is 0.192. The molecule has 228 valence electrons. The highest BCUT2D eigenvalue weighted by molar-refractivity contribution is 6.91. The average molecular weight is 613 g/mol. The predicted molar refractivity (Wildman–Crippen MR) is 199 cm³/mol. The van der Waals surface area contributed by atoms with Gasteiger partial charge in [0.05, 0.1) is 0 Å². The second-order valence-corrected chi connectivity index (χ2v) is 26.2. The van der Waals surface area contributed by atoms with Crippen LogP contribution >= 0.6 is 0 Å². The average Bonchev–Trinajstić information content (AvgIpc) is 3.45. The van der Waals surface area contributed by atoms with Crippen molar-refractivity contribution in [1.29, 1.82) is 0 Å². The van der Waals surface area contributed by atoms with E-state index < -0.39 is 16.1 Å². The van der Waals surface area contributed by atoms with E-state index in [1.54, 1.807) is 0 Å². The molecule has 3 aromatic carbocycles. The molecule has 0 saturated carbocycles. The van der Waals surface area contributed by atoms with Gasteiger partial charge in [0.15, 0.2) is 0 Å². The zero-order chi connectivity index (χ0) is 32.1. The van der Waals surface area contributed by atoms with Gasteiger partial charge in [-0.15, -0.1) is 11.1 Å². The van der Waals surface area contributed by atoms with E-state index in [1.165, 1.54) is 55.0 Å². The summed E-state index contributed by atoms with van der Waals surface area (Å²) >= 11 is 0. The Balaban J connectivity index is 1.86. The van der Waals surface area contributed by atoms with Crippen LogP contribution in [-0.2, 0) is 0 Å². The molecule has 0 N–H and O–H groups in total. The van der Waals surface area contributed by atoms with Crippen LogP contribution in [-0.4, -0.2) is 16.1 Å². The van der Waals surface area contributed by atoms with Gasteiger partial charge in [0.2, 0.25) is 0 Å². The van der Waals surface area contributed by atoms with Crippen molar-refractivity contribution in [3.63, 3.8) is 0 Å². The van der Waals surface area contributed by atoms with E-state index in [-0.39, 0.29) is 0 Å². The van der Waals surface area contributed by atoms with Crippen molar-refractivity contribution in [2.75, 3.05) is 0 Å². The minimum Gasteiger partial charge on any atom is -0.125 e. The fourth-order valence-electron chi connectivity index (χ4n) is 9.18. The molecule has 0 saturated heterocycles. The van der Waals surface area contributed by atoms with Gasteiger partial charge in [0, 0.05) is 11.1 Å². The summed E-state index contributed by atoms with van der Waals surface area (Å²) < 4.78 is 0. The standard InChI is InChI=1S/C42H52Si2/c1-27(2)43(28(3)4,29(5)6)25-23-35-33-17-13-15-19-37(33)41-39(35)21-22-40-36(34-18-14-16-20-38(34)42(40)41)24-26-44(30(7)8,31(9)10)32(11)12/h13-22,27-32H,1-12H3. The van der Waals surface area contributed by atoms with Crippen LogP contribution in [0.3, 0.4) is 0 Å². The maximum absolute atomic E-state index is 4.05. The number of rotatable bonds is 6. The van der Waals surface area contributed by atoms with Crippen LogP contribution in [0.2, 0.25) is 33.2 Å². The Bertz CT molecular complexity index is 1660. The molecule has 0 heterocycles. The third kappa shape index (κ3) is 4.81. The van der Waals surface area contributed by atoms with Crippen molar-refractivity contribution in [3.8, 4) is 45.2 Å². The third-order valence-electron chi connectivity index (χ3n) is 11.2. The smallest absolute Gasteiger partial charge is 0.125 e. The van der Waals surface area contributed by atoms with E-state index in [9.17, 15) is 0 Å². The Hall–Kier alpha value is -3.05. The maximum Gasteiger partial charge on any atom is 0.146 e. The molecule has 0 radical (unpaired) electrons. The van der Waals surface area contributed by atoms with E-state index in [0.29, 0.717) is 33.2 Å². The van der Waals surface area contributed by atoms with Gasteiger partial charge >= 0.3 is 0 Å². The number of hydrogen-bond donors (Lipinski definition) is 0. The molecule has 0 unspecified atom stereocenters. The van der Waals surface area contributed by atoms with Crippen LogP contribution in [0.25, 0.3) is 33.4 Å². The maximum atomic E-state index is 4.05. The van der Waals surface area contributed by atoms with Crippen LogP contribution in [0, 0.1) is 22.9 Å². The molecule has 3 aromatic rings. The highest BCUT2D eigenvalue weighted by Gasteiger charge is 2.43. The monoisotopic (exact) mass is 612 g/mol. The van der Waals surface area contributed by atoms with Crippen molar-refractivity contribution in [2.24, 2.45) is 0 Å². The highest BCUT2D eigenvalue weighted by atomic mass is 28.3. The van der Waals surface area contributed by atoms with Gasteiger partial charge in [0.25, 0.3) is 0 Å². The second kappa shape index (κ2) is 12.0. The predicted octanol–water partition coefficient (Wildman–Crippen LogP) is 10.5. The Morgan fingerprint density at radius 1 is 0.386 bits per heavy atom. The highest BCUT2D eigenvalue weighted by Crippen LogP contribution is 2.44. The first-order valence-electron chi connectivity index (χ1n) is 17.0. The van der Waals surface area contributed by atoms with Gasteiger partial charge in [-0.1, -0.05) is 156 Å². The lowest BCUT2D eigenvalue weighted by Gasteiger charge is -2.38. The van der Waals surface area contributed by atoms with Crippen LogP contribution in [0.4, 0.5) is 0 Å². The number of hydrogen-bond acceptors (Lipinski definition) is 0. The van der Waals surface area contributed by atoms with Gasteiger partial charge < -0.3 is 0 Å². The van der Waals surface area contributed by atoms with Crippen LogP contribution in [0.15, 0.2) is 60.7 Å². The fraction of sp³-hybridized carbons (Fsp3) is 0.429. The molecule has 0 amide bonds. The molecule has 0 atom stereocenters. The second-order valence-electron chi connectivity index (χ2n) is 15.0. The first-order valence-corrected chi connectivity index (χ1v) is 21.4. The van der Waals surface area contributed by atoms with Gasteiger partial charge in [-0.2, -0.15) is 0 Å². The summed E-state index contributed by atoms with van der Waals surface area (Å²) in [5, 5.41) is 2.58. The minimum atomic E-state index is -1.88. The van der Waals surface area contributed by atoms with Crippen molar-refractivity contribution in [2.45, 2.75) is 116 Å². The molecule has 0 fully saturated rings. The van der Waals surface area contributed by atoms with Crippen LogP contribution in [0.5, 0.6) is 0 Å². The van der Waals surface area contributed by atoms with E-state index in [2.05, 4.69) is 167 Å². The SMILES string of the molecule is CC(C)[Si](C#CC1=c2ccc3c(c2-c2ccccc21)-c1ccccc1C=3C#C[Si](C(C)C)(C(C)C)C(C)C)(C(C)C)C(C)C. The largest absolute Gasteiger partial charge is 0.146 e. The van der Waals surface area contributed by atoms with Crippen LogP contribution in [0.1, 0.15) is 94.2 Å². The number of benzene rings is 3. The summed E-state index contributed by atoms with van der Waals surface area (Å²) in [4.78, 5) is 0. The molecule has 0 spiro atoms. The van der Waals surface area contributed by atoms with E-state index in [4.69, 9.17) is 0 Å². The fourth-order valence-corrected chi connectivity index (χ4v) is 19.6. The van der Waals surface area contributed by atoms with Gasteiger partial charge in [-0.25, -0.2) is 0 Å². The van der Waals surface area contributed by atoms with Crippen molar-refractivity contribution < 1.29 is 0 Å². The molecule has 2 heteroatoms. The van der Waals surface area contributed by atoms with E-state index in [0.717, 1.165) is 0 Å². The van der Waals surface area contributed by atoms with E-state index in [1.807, 2.05) is 0 Å². The lowest BCUT2D eigenvalue weighted by atomic mass is 9.95. The molecule has 0 nitrogen and oxygen atoms in total. The normalized spacial score (nSPS) is 13.8. The van der Waals surface area contributed by atoms with Crippen molar-refractivity contribution >= 4 is 27.3 Å². The molecular formula is C42H52Si2. The molecule has 0 aliphatic heterocycles. The van der Waals surface area contributed by atoms with Gasteiger partial charge in [0.1, 0.15) is 16.1 Å². The summed E-state index contributed by atoms with van der Waals surface area (Å²) in [7, 11) is -3.77. The van der Waals surface area contributed by atoms with Crippen LogP contribution < -0.4 is 10.4 Å². The molecule has 44 heavy (non-hydrogen) atoms. The Morgan fingerprint density at radius 2 is 0.659 bits per heavy atom. The molecule has 2 aliphatic carbocycles. The van der Waals surface area contributed by atoms with Crippen molar-refractivity contribution in [1.82, 2.24) is 0 Å². The Kier molecular flexibility index (Phi) is 8.85. The molecular weight excluding hydrogens is 561 g/mol. The lowest BCUT2D eigenvalue weighted by Crippen LogP contribution is -2.43. The zero-order valence-electron chi connectivity index (χ0n) is 29.2. The van der Waals surface area contributed by atoms with Crippen molar-refractivity contribution in [3.05, 3.63) is 82.2 Å². The third-order valence-corrected chi connectivity index (χ3v) is 23.8. The molecule has 5 rings (SSSR count). The minimum absolute atomic E-state index is 0.604. The van der Waals surface area contributed by atoms with Gasteiger partial charge in [-0.05, 0) is 77.1 Å².